The van der Waals surface area contributed by atoms with Crippen LogP contribution in [0.4, 0.5) is 0 Å². The predicted molar refractivity (Wildman–Crippen MR) is 116 cm³/mol. The molecule has 4 heterocycles. The van der Waals surface area contributed by atoms with Crippen LogP contribution < -0.4 is 19.6 Å². The van der Waals surface area contributed by atoms with E-state index >= 15 is 0 Å². The monoisotopic (exact) mass is 420 g/mol. The van der Waals surface area contributed by atoms with Crippen molar-refractivity contribution in [3.05, 3.63) is 67.0 Å². The van der Waals surface area contributed by atoms with Gasteiger partial charge >= 0.3 is 0 Å². The quantitative estimate of drug-likeness (QED) is 0.640. The Kier molecular flexibility index (Phi) is 3.87. The lowest BCUT2D eigenvalue weighted by atomic mass is 9.93. The molecular formula is C23H24N4O2S. The molecule has 0 radical (unpaired) electrons. The second-order valence-electron chi connectivity index (χ2n) is 8.80. The Morgan fingerprint density at radius 3 is 2.90 bits per heavy atom. The predicted octanol–water partition coefficient (Wildman–Crippen LogP) is 3.08. The zero-order chi connectivity index (χ0) is 20.5. The second-order valence-corrected chi connectivity index (χ2v) is 9.81. The van der Waals surface area contributed by atoms with Gasteiger partial charge in [-0.05, 0) is 38.8 Å². The topological polar surface area (TPSA) is 61.4 Å². The van der Waals surface area contributed by atoms with Gasteiger partial charge in [-0.1, -0.05) is 42.4 Å². The lowest BCUT2D eigenvalue weighted by Crippen LogP contribution is -2.49. The minimum Gasteiger partial charge on any atom is -0.466 e. The number of thiazole rings is 1. The molecule has 1 fully saturated rings. The third-order valence-corrected chi connectivity index (χ3v) is 7.58. The molecule has 6 rings (SSSR count). The van der Waals surface area contributed by atoms with Crippen molar-refractivity contribution in [1.29, 1.82) is 0 Å². The van der Waals surface area contributed by atoms with Gasteiger partial charge < -0.3 is 4.74 Å². The zero-order valence-electron chi connectivity index (χ0n) is 17.2. The van der Waals surface area contributed by atoms with Crippen LogP contribution in [-0.4, -0.2) is 20.1 Å². The van der Waals surface area contributed by atoms with Crippen molar-refractivity contribution in [3.63, 3.8) is 0 Å². The summed E-state index contributed by atoms with van der Waals surface area (Å²) >= 11 is 1.45. The van der Waals surface area contributed by atoms with E-state index < -0.39 is 5.72 Å². The average Bonchev–Trinajstić information content (AvgIpc) is 3.42. The molecule has 0 unspecified atom stereocenters. The van der Waals surface area contributed by atoms with Crippen molar-refractivity contribution in [1.82, 2.24) is 14.3 Å². The van der Waals surface area contributed by atoms with Gasteiger partial charge in [-0.3, -0.25) is 14.0 Å². The molecule has 3 aromatic rings. The summed E-state index contributed by atoms with van der Waals surface area (Å²) in [4.78, 5) is 19.0. The number of para-hydroxylation sites is 1. The molecule has 0 amide bonds. The Morgan fingerprint density at radius 1 is 1.27 bits per heavy atom. The van der Waals surface area contributed by atoms with Gasteiger partial charge in [0.15, 0.2) is 4.80 Å². The van der Waals surface area contributed by atoms with Crippen LogP contribution in [0.15, 0.2) is 40.2 Å². The lowest BCUT2D eigenvalue weighted by Gasteiger charge is -2.39. The van der Waals surface area contributed by atoms with Crippen LogP contribution in [0.2, 0.25) is 0 Å². The Hall–Kier alpha value is -2.67. The maximum atomic E-state index is 13.4. The molecule has 0 N–H and O–H groups in total. The fourth-order valence-electron chi connectivity index (χ4n) is 5.07. The molecule has 2 aromatic heterocycles. The van der Waals surface area contributed by atoms with Crippen molar-refractivity contribution in [3.8, 4) is 5.75 Å². The van der Waals surface area contributed by atoms with E-state index in [1.807, 2.05) is 42.7 Å². The molecule has 0 spiro atoms. The van der Waals surface area contributed by atoms with Crippen molar-refractivity contribution >= 4 is 17.4 Å². The molecule has 3 aliphatic rings. The number of benzene rings is 1. The number of fused-ring (bicyclic) bond motifs is 6. The molecule has 0 saturated heterocycles. The summed E-state index contributed by atoms with van der Waals surface area (Å²) in [6.07, 6.45) is 9.68. The third-order valence-electron chi connectivity index (χ3n) is 6.60. The standard InChI is InChI=1S/C23H24N4O2S/c1-14-15(13-26(25-14)16-7-3-4-8-16)11-20-21(28)27-18-12-23(2,24-22(27)30-20)29-19-10-6-5-9-17(18)19/h5-6,9-11,13,16,18H,3-4,7-8,12H2,1-2H3/b20-11-/t18-,23-/m1/s1. The maximum Gasteiger partial charge on any atom is 0.270 e. The van der Waals surface area contributed by atoms with Gasteiger partial charge in [-0.25, -0.2) is 4.99 Å². The van der Waals surface area contributed by atoms with E-state index in [2.05, 4.69) is 16.9 Å². The Labute approximate surface area is 178 Å². The van der Waals surface area contributed by atoms with Crippen molar-refractivity contribution in [2.24, 2.45) is 4.99 Å². The van der Waals surface area contributed by atoms with Crippen LogP contribution in [0, 0.1) is 6.92 Å². The smallest absolute Gasteiger partial charge is 0.270 e. The van der Waals surface area contributed by atoms with E-state index in [1.165, 1.54) is 37.0 Å². The van der Waals surface area contributed by atoms with Crippen LogP contribution in [0.1, 0.15) is 67.9 Å². The summed E-state index contributed by atoms with van der Waals surface area (Å²) in [6.45, 7) is 4.02. The molecule has 1 saturated carbocycles. The Balaban J connectivity index is 1.49. The van der Waals surface area contributed by atoms with Gasteiger partial charge in [0.2, 0.25) is 5.72 Å². The highest BCUT2D eigenvalue weighted by Crippen LogP contribution is 2.42. The Morgan fingerprint density at radius 2 is 2.07 bits per heavy atom. The fraction of sp³-hybridized carbons (Fsp3) is 0.435. The number of rotatable bonds is 2. The largest absolute Gasteiger partial charge is 0.466 e. The number of aryl methyl sites for hydroxylation is 1. The summed E-state index contributed by atoms with van der Waals surface area (Å²) < 4.78 is 10.9. The fourth-order valence-corrected chi connectivity index (χ4v) is 6.19. The van der Waals surface area contributed by atoms with E-state index in [-0.39, 0.29) is 11.6 Å². The van der Waals surface area contributed by atoms with Gasteiger partial charge in [-0.15, -0.1) is 0 Å². The van der Waals surface area contributed by atoms with Gasteiger partial charge in [-0.2, -0.15) is 5.10 Å². The van der Waals surface area contributed by atoms with Crippen LogP contribution in [0.25, 0.3) is 6.08 Å². The number of aromatic nitrogens is 3. The van der Waals surface area contributed by atoms with Gasteiger partial charge in [0, 0.05) is 23.7 Å². The van der Waals surface area contributed by atoms with Crippen LogP contribution >= 0.6 is 11.3 Å². The molecule has 2 aliphatic heterocycles. The Bertz CT molecular complexity index is 1330. The minimum absolute atomic E-state index is 0.0236. The van der Waals surface area contributed by atoms with Gasteiger partial charge in [0.25, 0.3) is 5.56 Å². The summed E-state index contributed by atoms with van der Waals surface area (Å²) in [5, 5.41) is 4.73. The molecular weight excluding hydrogens is 396 g/mol. The van der Waals surface area contributed by atoms with Crippen LogP contribution in [0.3, 0.4) is 0 Å². The summed E-state index contributed by atoms with van der Waals surface area (Å²) in [5.74, 6) is 0.822. The molecule has 7 heteroatoms. The van der Waals surface area contributed by atoms with E-state index in [4.69, 9.17) is 14.8 Å². The molecule has 2 bridgehead atoms. The van der Waals surface area contributed by atoms with Crippen LogP contribution in [-0.2, 0) is 0 Å². The number of nitrogens with zero attached hydrogens (tertiary/aromatic N) is 4. The summed E-state index contributed by atoms with van der Waals surface area (Å²) in [5.41, 5.74) is 2.44. The average molecular weight is 421 g/mol. The van der Waals surface area contributed by atoms with Crippen molar-refractivity contribution < 1.29 is 4.74 Å². The third kappa shape index (κ3) is 2.71. The highest BCUT2D eigenvalue weighted by molar-refractivity contribution is 7.07. The summed E-state index contributed by atoms with van der Waals surface area (Å²) in [7, 11) is 0. The van der Waals surface area contributed by atoms with Crippen molar-refractivity contribution in [2.45, 2.75) is 63.8 Å². The minimum atomic E-state index is -0.628. The zero-order valence-corrected chi connectivity index (χ0v) is 18.0. The van der Waals surface area contributed by atoms with Gasteiger partial charge in [0.05, 0.1) is 22.3 Å². The summed E-state index contributed by atoms with van der Waals surface area (Å²) in [6, 6.07) is 8.43. The molecule has 6 nitrogen and oxygen atoms in total. The van der Waals surface area contributed by atoms with Gasteiger partial charge in [0.1, 0.15) is 5.75 Å². The molecule has 1 aromatic carbocycles. The van der Waals surface area contributed by atoms with E-state index in [9.17, 15) is 4.79 Å². The highest BCUT2D eigenvalue weighted by atomic mass is 32.1. The molecule has 30 heavy (non-hydrogen) atoms. The number of ether oxygens (including phenoxy) is 1. The number of hydrogen-bond acceptors (Lipinski definition) is 5. The lowest BCUT2D eigenvalue weighted by molar-refractivity contribution is 0.0410. The second kappa shape index (κ2) is 6.41. The van der Waals surface area contributed by atoms with Crippen LogP contribution in [0.5, 0.6) is 5.75 Å². The molecule has 1 aliphatic carbocycles. The number of hydrogen-bond donors (Lipinski definition) is 0. The van der Waals surface area contributed by atoms with E-state index in [0.717, 1.165) is 27.4 Å². The van der Waals surface area contributed by atoms with E-state index in [1.54, 1.807) is 0 Å². The normalized spacial score (nSPS) is 25.5. The molecule has 2 atom stereocenters. The first-order chi connectivity index (χ1) is 14.5. The first kappa shape index (κ1) is 18.1. The highest BCUT2D eigenvalue weighted by Gasteiger charge is 2.42. The van der Waals surface area contributed by atoms with Crippen molar-refractivity contribution in [2.75, 3.05) is 0 Å². The SMILES string of the molecule is Cc1nn(C2CCCC2)cc1/C=c1\sc2n(c1=O)[C@@H]1C[C@](C)(N=2)Oc2ccccc21. The van der Waals surface area contributed by atoms with E-state index in [0.29, 0.717) is 17.0 Å². The molecule has 154 valence electrons. The first-order valence-corrected chi connectivity index (χ1v) is 11.5. The first-order valence-electron chi connectivity index (χ1n) is 10.7. The maximum absolute atomic E-state index is 13.4.